The van der Waals surface area contributed by atoms with Gasteiger partial charge in [0.2, 0.25) is 5.92 Å². The molecule has 0 spiro atoms. The minimum Gasteiger partial charge on any atom is -0.493 e. The molecule has 0 amide bonds. The average molecular weight is 319 g/mol. The lowest BCUT2D eigenvalue weighted by atomic mass is 10.1. The fourth-order valence-corrected chi connectivity index (χ4v) is 2.51. The van der Waals surface area contributed by atoms with Crippen molar-refractivity contribution in [1.29, 1.82) is 0 Å². The standard InChI is InChI=1S/C13H13BrF2O2/c14-11-1-2-12(10(5-11)7-17)18-8-9-3-4-13(15,16)6-9/h1-2,5,7,9H,3-4,6,8H2. The van der Waals surface area contributed by atoms with Crippen LogP contribution < -0.4 is 4.74 Å². The maximum absolute atomic E-state index is 13.0. The van der Waals surface area contributed by atoms with E-state index in [1.54, 1.807) is 18.2 Å². The first kappa shape index (κ1) is 13.5. The Bertz CT molecular complexity index is 449. The van der Waals surface area contributed by atoms with Crippen LogP contribution in [0.2, 0.25) is 0 Å². The van der Waals surface area contributed by atoms with Crippen molar-refractivity contribution in [3.63, 3.8) is 0 Å². The molecule has 0 heterocycles. The van der Waals surface area contributed by atoms with Gasteiger partial charge in [-0.05, 0) is 30.5 Å². The Morgan fingerprint density at radius 3 is 2.89 bits per heavy atom. The lowest BCUT2D eigenvalue weighted by molar-refractivity contribution is 0.00289. The van der Waals surface area contributed by atoms with E-state index in [-0.39, 0.29) is 25.4 Å². The van der Waals surface area contributed by atoms with E-state index in [4.69, 9.17) is 4.74 Å². The first-order chi connectivity index (χ1) is 8.50. The number of ether oxygens (including phenoxy) is 1. The normalized spacial score (nSPS) is 21.8. The second-order valence-corrected chi connectivity index (χ2v) is 5.49. The van der Waals surface area contributed by atoms with Gasteiger partial charge in [0.15, 0.2) is 6.29 Å². The number of aldehydes is 1. The summed E-state index contributed by atoms with van der Waals surface area (Å²) in [5.74, 6) is -2.24. The van der Waals surface area contributed by atoms with Gasteiger partial charge in [0.1, 0.15) is 5.75 Å². The molecule has 1 unspecified atom stereocenters. The van der Waals surface area contributed by atoms with E-state index in [9.17, 15) is 13.6 Å². The summed E-state index contributed by atoms with van der Waals surface area (Å²) in [5.41, 5.74) is 0.425. The molecule has 1 saturated carbocycles. The lowest BCUT2D eigenvalue weighted by Gasteiger charge is -2.13. The molecule has 1 aliphatic carbocycles. The smallest absolute Gasteiger partial charge is 0.248 e. The number of hydrogen-bond donors (Lipinski definition) is 0. The molecule has 1 fully saturated rings. The predicted molar refractivity (Wildman–Crippen MR) is 67.3 cm³/mol. The summed E-state index contributed by atoms with van der Waals surface area (Å²) in [7, 11) is 0. The van der Waals surface area contributed by atoms with Gasteiger partial charge >= 0.3 is 0 Å². The quantitative estimate of drug-likeness (QED) is 0.782. The van der Waals surface area contributed by atoms with Crippen LogP contribution in [0, 0.1) is 5.92 Å². The fraction of sp³-hybridized carbons (Fsp3) is 0.462. The molecular formula is C13H13BrF2O2. The Labute approximate surface area is 112 Å². The van der Waals surface area contributed by atoms with Crippen LogP contribution in [0.3, 0.4) is 0 Å². The topological polar surface area (TPSA) is 26.3 Å². The summed E-state index contributed by atoms with van der Waals surface area (Å²) in [6.07, 6.45) is 0.977. The molecule has 1 aliphatic rings. The van der Waals surface area contributed by atoms with Crippen molar-refractivity contribution in [2.24, 2.45) is 5.92 Å². The van der Waals surface area contributed by atoms with Gasteiger partial charge in [-0.1, -0.05) is 15.9 Å². The maximum Gasteiger partial charge on any atom is 0.248 e. The lowest BCUT2D eigenvalue weighted by Crippen LogP contribution is -2.14. The largest absolute Gasteiger partial charge is 0.493 e. The highest BCUT2D eigenvalue weighted by Crippen LogP contribution is 2.39. The molecule has 0 aromatic heterocycles. The first-order valence-corrected chi connectivity index (χ1v) is 6.55. The van der Waals surface area contributed by atoms with Crippen molar-refractivity contribution in [1.82, 2.24) is 0 Å². The van der Waals surface area contributed by atoms with Gasteiger partial charge in [-0.15, -0.1) is 0 Å². The molecule has 1 aromatic rings. The van der Waals surface area contributed by atoms with Gasteiger partial charge in [-0.2, -0.15) is 0 Å². The van der Waals surface area contributed by atoms with Crippen LogP contribution in [-0.4, -0.2) is 18.8 Å². The van der Waals surface area contributed by atoms with Gasteiger partial charge in [0.05, 0.1) is 12.2 Å². The molecule has 18 heavy (non-hydrogen) atoms. The maximum atomic E-state index is 13.0. The van der Waals surface area contributed by atoms with Crippen molar-refractivity contribution < 1.29 is 18.3 Å². The number of carbonyl (C=O) groups excluding carboxylic acids is 1. The summed E-state index contributed by atoms with van der Waals surface area (Å²) in [5, 5.41) is 0. The van der Waals surface area contributed by atoms with E-state index in [1.807, 2.05) is 0 Å². The van der Waals surface area contributed by atoms with Crippen LogP contribution in [0.5, 0.6) is 5.75 Å². The van der Waals surface area contributed by atoms with Crippen molar-refractivity contribution >= 4 is 22.2 Å². The molecule has 5 heteroatoms. The van der Waals surface area contributed by atoms with Crippen LogP contribution in [-0.2, 0) is 0 Å². The third-order valence-corrected chi connectivity index (χ3v) is 3.57. The highest BCUT2D eigenvalue weighted by atomic mass is 79.9. The Balaban J connectivity index is 1.96. The summed E-state index contributed by atoms with van der Waals surface area (Å²) in [6.45, 7) is 0.234. The van der Waals surface area contributed by atoms with E-state index >= 15 is 0 Å². The molecule has 98 valence electrons. The molecule has 1 atom stereocenters. The molecule has 0 radical (unpaired) electrons. The van der Waals surface area contributed by atoms with E-state index < -0.39 is 5.92 Å². The molecule has 0 aliphatic heterocycles. The zero-order chi connectivity index (χ0) is 13.2. The summed E-state index contributed by atoms with van der Waals surface area (Å²) in [6, 6.07) is 5.07. The highest BCUT2D eigenvalue weighted by molar-refractivity contribution is 9.10. The monoisotopic (exact) mass is 318 g/mol. The summed E-state index contributed by atoms with van der Waals surface area (Å²) >= 11 is 3.26. The van der Waals surface area contributed by atoms with Crippen molar-refractivity contribution in [2.75, 3.05) is 6.61 Å². The van der Waals surface area contributed by atoms with Crippen LogP contribution in [0.1, 0.15) is 29.6 Å². The SMILES string of the molecule is O=Cc1cc(Br)ccc1OCC1CCC(F)(F)C1. The van der Waals surface area contributed by atoms with Gasteiger partial charge in [0, 0.05) is 17.3 Å². The van der Waals surface area contributed by atoms with Gasteiger partial charge < -0.3 is 4.74 Å². The summed E-state index contributed by atoms with van der Waals surface area (Å²) < 4.78 is 32.3. The highest BCUT2D eigenvalue weighted by Gasteiger charge is 2.39. The Hall–Kier alpha value is -0.970. The second kappa shape index (κ2) is 5.34. The number of benzene rings is 1. The number of rotatable bonds is 4. The third kappa shape index (κ3) is 3.28. The van der Waals surface area contributed by atoms with E-state index in [2.05, 4.69) is 15.9 Å². The minimum atomic E-state index is -2.55. The molecule has 1 aromatic carbocycles. The average Bonchev–Trinajstić information content (AvgIpc) is 2.67. The van der Waals surface area contributed by atoms with Crippen LogP contribution >= 0.6 is 15.9 Å². The Morgan fingerprint density at radius 2 is 2.28 bits per heavy atom. The van der Waals surface area contributed by atoms with E-state index in [1.165, 1.54) is 0 Å². The molecular weight excluding hydrogens is 306 g/mol. The molecule has 0 N–H and O–H groups in total. The Kier molecular flexibility index (Phi) is 4.00. The molecule has 0 bridgehead atoms. The molecule has 2 rings (SSSR count). The Morgan fingerprint density at radius 1 is 1.50 bits per heavy atom. The van der Waals surface area contributed by atoms with Crippen LogP contribution in [0.25, 0.3) is 0 Å². The zero-order valence-corrected chi connectivity index (χ0v) is 11.3. The van der Waals surface area contributed by atoms with Crippen molar-refractivity contribution in [2.45, 2.75) is 25.2 Å². The number of halogens is 3. The van der Waals surface area contributed by atoms with Gasteiger partial charge in [-0.25, -0.2) is 8.78 Å². The fourth-order valence-electron chi connectivity index (χ4n) is 2.13. The zero-order valence-electron chi connectivity index (χ0n) is 9.67. The van der Waals surface area contributed by atoms with Crippen molar-refractivity contribution in [3.8, 4) is 5.75 Å². The van der Waals surface area contributed by atoms with Gasteiger partial charge in [-0.3, -0.25) is 4.79 Å². The second-order valence-electron chi connectivity index (χ2n) is 4.58. The number of carbonyl (C=O) groups is 1. The summed E-state index contributed by atoms with van der Waals surface area (Å²) in [4.78, 5) is 10.9. The third-order valence-electron chi connectivity index (χ3n) is 3.08. The number of hydrogen-bond acceptors (Lipinski definition) is 2. The van der Waals surface area contributed by atoms with E-state index in [0.29, 0.717) is 24.0 Å². The van der Waals surface area contributed by atoms with E-state index in [0.717, 1.165) is 4.47 Å². The van der Waals surface area contributed by atoms with Crippen molar-refractivity contribution in [3.05, 3.63) is 28.2 Å². The number of alkyl halides is 2. The molecule has 2 nitrogen and oxygen atoms in total. The van der Waals surface area contributed by atoms with Crippen LogP contribution in [0.15, 0.2) is 22.7 Å². The minimum absolute atomic E-state index is 0.0676. The van der Waals surface area contributed by atoms with Gasteiger partial charge in [0.25, 0.3) is 0 Å². The van der Waals surface area contributed by atoms with Crippen LogP contribution in [0.4, 0.5) is 8.78 Å². The first-order valence-electron chi connectivity index (χ1n) is 5.75. The molecule has 0 saturated heterocycles. The predicted octanol–water partition coefficient (Wildman–Crippen LogP) is 4.08.